The molecule has 0 aliphatic heterocycles. The Bertz CT molecular complexity index is 989. The fourth-order valence-electron chi connectivity index (χ4n) is 4.84. The van der Waals surface area contributed by atoms with Crippen LogP contribution in [0.5, 0.6) is 5.75 Å². The number of benzene rings is 2. The van der Waals surface area contributed by atoms with Gasteiger partial charge in [-0.25, -0.2) is 0 Å². The molecule has 4 atom stereocenters. The van der Waals surface area contributed by atoms with E-state index >= 15 is 0 Å². The van der Waals surface area contributed by atoms with Gasteiger partial charge in [0.2, 0.25) is 5.91 Å². The summed E-state index contributed by atoms with van der Waals surface area (Å²) in [5, 5.41) is 36.4. The highest BCUT2D eigenvalue weighted by Gasteiger charge is 2.69. The molecule has 0 radical (unpaired) electrons. The number of methoxy groups -OCH3 is 1. The number of amides is 1. The predicted octanol–water partition coefficient (Wildman–Crippen LogP) is 0.947. The highest BCUT2D eigenvalue weighted by Crippen LogP contribution is 2.62. The van der Waals surface area contributed by atoms with Gasteiger partial charge in [0.05, 0.1) is 13.0 Å². The highest BCUT2D eigenvalue weighted by molar-refractivity contribution is 5.91. The fraction of sp³-hybridized carbons (Fsp3) is 0.333. The predicted molar refractivity (Wildman–Crippen MR) is 98.7 cm³/mol. The number of carbonyl (C=O) groups excluding carboxylic acids is 1. The summed E-state index contributed by atoms with van der Waals surface area (Å²) < 4.78 is 5.24. The van der Waals surface area contributed by atoms with Gasteiger partial charge < -0.3 is 25.4 Å². The van der Waals surface area contributed by atoms with Crippen molar-refractivity contribution in [2.24, 2.45) is 11.8 Å². The summed E-state index contributed by atoms with van der Waals surface area (Å²) in [5.41, 5.74) is -2.73. The SMILES string of the molecule is CCNC(=O)C1C(C(=O)O)C2(O)c3ccccc3C1(O)c1ccc(OC)cc12. The normalized spacial score (nSPS) is 29.6. The third-order valence-electron chi connectivity index (χ3n) is 5.93. The summed E-state index contributed by atoms with van der Waals surface area (Å²) in [6.45, 7) is 1.98. The third-order valence-corrected chi connectivity index (χ3v) is 5.93. The molecule has 3 aliphatic rings. The van der Waals surface area contributed by atoms with Crippen LogP contribution in [0.2, 0.25) is 0 Å². The highest BCUT2D eigenvalue weighted by atomic mass is 16.5. The number of carboxylic acids is 1. The largest absolute Gasteiger partial charge is 0.497 e. The number of nitrogens with one attached hydrogen (secondary N) is 1. The van der Waals surface area contributed by atoms with Crippen molar-refractivity contribution in [2.45, 2.75) is 18.1 Å². The molecule has 0 spiro atoms. The van der Waals surface area contributed by atoms with Crippen LogP contribution in [0, 0.1) is 11.8 Å². The van der Waals surface area contributed by atoms with Gasteiger partial charge in [0.15, 0.2) is 0 Å². The maximum Gasteiger partial charge on any atom is 0.311 e. The van der Waals surface area contributed by atoms with Crippen LogP contribution in [0.4, 0.5) is 0 Å². The van der Waals surface area contributed by atoms with Gasteiger partial charge >= 0.3 is 5.97 Å². The molecule has 2 bridgehead atoms. The van der Waals surface area contributed by atoms with E-state index in [9.17, 15) is 24.9 Å². The minimum Gasteiger partial charge on any atom is -0.497 e. The standard InChI is InChI=1S/C21H21NO6/c1-3-22-18(23)16-17(19(24)25)21(27)13-7-5-4-6-12(13)20(16,26)14-9-8-11(28-2)10-15(14)21/h4-10,16-17,26-27H,3H2,1-2H3,(H,22,23)(H,24,25). The van der Waals surface area contributed by atoms with Crippen LogP contribution in [-0.2, 0) is 20.8 Å². The summed E-state index contributed by atoms with van der Waals surface area (Å²) >= 11 is 0. The molecule has 0 saturated heterocycles. The Labute approximate surface area is 161 Å². The van der Waals surface area contributed by atoms with Gasteiger partial charge in [-0.3, -0.25) is 9.59 Å². The van der Waals surface area contributed by atoms with E-state index < -0.39 is 34.9 Å². The molecule has 4 unspecified atom stereocenters. The van der Waals surface area contributed by atoms with E-state index in [-0.39, 0.29) is 17.7 Å². The molecule has 0 fully saturated rings. The number of hydrogen-bond donors (Lipinski definition) is 4. The Balaban J connectivity index is 2.13. The first-order chi connectivity index (χ1) is 13.3. The number of hydrogen-bond acceptors (Lipinski definition) is 5. The molecule has 0 aromatic heterocycles. The molecule has 1 amide bonds. The molecular weight excluding hydrogens is 362 g/mol. The lowest BCUT2D eigenvalue weighted by Crippen LogP contribution is -2.65. The van der Waals surface area contributed by atoms with Crippen LogP contribution in [-0.4, -0.2) is 40.9 Å². The number of fused-ring (bicyclic) bond motifs is 1. The third kappa shape index (κ3) is 2.05. The number of aliphatic carboxylic acids is 1. The molecule has 0 saturated carbocycles. The van der Waals surface area contributed by atoms with Crippen molar-refractivity contribution in [2.75, 3.05) is 13.7 Å². The van der Waals surface area contributed by atoms with Gasteiger partial charge in [0.1, 0.15) is 22.9 Å². The van der Waals surface area contributed by atoms with Crippen molar-refractivity contribution in [1.29, 1.82) is 0 Å². The molecule has 2 aromatic carbocycles. The summed E-state index contributed by atoms with van der Waals surface area (Å²) in [5.74, 6) is -4.53. The quantitative estimate of drug-likeness (QED) is 0.625. The second-order valence-electron chi connectivity index (χ2n) is 7.18. The van der Waals surface area contributed by atoms with Crippen LogP contribution >= 0.6 is 0 Å². The smallest absolute Gasteiger partial charge is 0.311 e. The first-order valence-corrected chi connectivity index (χ1v) is 9.06. The molecule has 28 heavy (non-hydrogen) atoms. The second kappa shape index (κ2) is 6.05. The molecule has 4 N–H and O–H groups in total. The van der Waals surface area contributed by atoms with E-state index in [1.54, 1.807) is 43.3 Å². The van der Waals surface area contributed by atoms with Gasteiger partial charge in [-0.05, 0) is 41.3 Å². The molecule has 0 heterocycles. The lowest BCUT2D eigenvalue weighted by molar-refractivity contribution is -0.180. The van der Waals surface area contributed by atoms with Crippen molar-refractivity contribution >= 4 is 11.9 Å². The number of rotatable bonds is 4. The zero-order valence-corrected chi connectivity index (χ0v) is 15.5. The van der Waals surface area contributed by atoms with E-state index in [4.69, 9.17) is 4.74 Å². The molecular formula is C21H21NO6. The van der Waals surface area contributed by atoms with Crippen molar-refractivity contribution in [3.05, 3.63) is 64.7 Å². The lowest BCUT2D eigenvalue weighted by atomic mass is 9.49. The maximum absolute atomic E-state index is 12.9. The summed E-state index contributed by atoms with van der Waals surface area (Å²) in [6.07, 6.45) is 0. The molecule has 7 heteroatoms. The Kier molecular flexibility index (Phi) is 3.99. The number of carboxylic acid groups (broad SMARTS) is 1. The van der Waals surface area contributed by atoms with E-state index in [2.05, 4.69) is 5.32 Å². The molecule has 146 valence electrons. The summed E-state index contributed by atoms with van der Waals surface area (Å²) in [7, 11) is 1.46. The number of carbonyl (C=O) groups is 2. The van der Waals surface area contributed by atoms with E-state index in [0.717, 1.165) is 0 Å². The average Bonchev–Trinajstić information content (AvgIpc) is 2.69. The van der Waals surface area contributed by atoms with E-state index in [1.165, 1.54) is 13.2 Å². The summed E-state index contributed by atoms with van der Waals surface area (Å²) in [4.78, 5) is 25.2. The Morgan fingerprint density at radius 3 is 2.11 bits per heavy atom. The Hall–Kier alpha value is -2.90. The maximum atomic E-state index is 12.9. The van der Waals surface area contributed by atoms with Crippen LogP contribution in [0.1, 0.15) is 29.2 Å². The monoisotopic (exact) mass is 383 g/mol. The first kappa shape index (κ1) is 18.5. The van der Waals surface area contributed by atoms with Crippen molar-refractivity contribution < 1.29 is 29.6 Å². The molecule has 7 nitrogen and oxygen atoms in total. The zero-order chi connectivity index (χ0) is 20.3. The van der Waals surface area contributed by atoms with Crippen LogP contribution in [0.15, 0.2) is 42.5 Å². The van der Waals surface area contributed by atoms with Gasteiger partial charge in [-0.1, -0.05) is 30.3 Å². The average molecular weight is 383 g/mol. The van der Waals surface area contributed by atoms with Gasteiger partial charge in [-0.15, -0.1) is 0 Å². The zero-order valence-electron chi connectivity index (χ0n) is 15.5. The van der Waals surface area contributed by atoms with Crippen molar-refractivity contribution in [1.82, 2.24) is 5.32 Å². The van der Waals surface area contributed by atoms with Gasteiger partial charge in [0, 0.05) is 6.54 Å². The van der Waals surface area contributed by atoms with Crippen LogP contribution in [0.25, 0.3) is 0 Å². The number of ether oxygens (including phenoxy) is 1. The van der Waals surface area contributed by atoms with Gasteiger partial charge in [-0.2, -0.15) is 0 Å². The molecule has 2 aromatic rings. The topological polar surface area (TPSA) is 116 Å². The molecule has 3 aliphatic carbocycles. The summed E-state index contributed by atoms with van der Waals surface area (Å²) in [6, 6.07) is 11.3. The minimum absolute atomic E-state index is 0.237. The van der Waals surface area contributed by atoms with Gasteiger partial charge in [0.25, 0.3) is 0 Å². The Morgan fingerprint density at radius 2 is 1.57 bits per heavy atom. The van der Waals surface area contributed by atoms with E-state index in [1.807, 2.05) is 0 Å². The van der Waals surface area contributed by atoms with Crippen LogP contribution in [0.3, 0.4) is 0 Å². The molecule has 5 rings (SSSR count). The van der Waals surface area contributed by atoms with Crippen molar-refractivity contribution in [3.63, 3.8) is 0 Å². The van der Waals surface area contributed by atoms with E-state index in [0.29, 0.717) is 16.9 Å². The van der Waals surface area contributed by atoms with Crippen molar-refractivity contribution in [3.8, 4) is 5.75 Å². The lowest BCUT2D eigenvalue weighted by Gasteiger charge is -2.57. The second-order valence-corrected chi connectivity index (χ2v) is 7.18. The minimum atomic E-state index is -1.99. The number of aliphatic hydroxyl groups is 2. The Morgan fingerprint density at radius 1 is 1.00 bits per heavy atom. The fourth-order valence-corrected chi connectivity index (χ4v) is 4.84. The van der Waals surface area contributed by atoms with Crippen LogP contribution < -0.4 is 10.1 Å². The first-order valence-electron chi connectivity index (χ1n) is 9.06.